The molecule has 3 aromatic rings. The van der Waals surface area contributed by atoms with Crippen molar-refractivity contribution in [3.63, 3.8) is 0 Å². The van der Waals surface area contributed by atoms with Crippen molar-refractivity contribution in [3.05, 3.63) is 59.0 Å². The van der Waals surface area contributed by atoms with Crippen molar-refractivity contribution >= 4 is 5.82 Å². The van der Waals surface area contributed by atoms with Gasteiger partial charge in [0.05, 0.1) is 6.54 Å². The largest absolute Gasteiger partial charge is 0.360 e. The summed E-state index contributed by atoms with van der Waals surface area (Å²) in [5.41, 5.74) is 3.41. The van der Waals surface area contributed by atoms with Gasteiger partial charge in [-0.3, -0.25) is 0 Å². The number of fused-ring (bicyclic) bond motifs is 1. The van der Waals surface area contributed by atoms with Crippen LogP contribution in [0.3, 0.4) is 0 Å². The highest BCUT2D eigenvalue weighted by molar-refractivity contribution is 5.65. The number of halogens is 1. The van der Waals surface area contributed by atoms with Crippen LogP contribution in [0.4, 0.5) is 10.2 Å². The summed E-state index contributed by atoms with van der Waals surface area (Å²) in [7, 11) is 0. The molecule has 0 saturated carbocycles. The van der Waals surface area contributed by atoms with Gasteiger partial charge in [0.25, 0.3) is 0 Å². The minimum atomic E-state index is -0.277. The Balaban J connectivity index is 1.69. The summed E-state index contributed by atoms with van der Waals surface area (Å²) in [5, 5.41) is 4.19. The summed E-state index contributed by atoms with van der Waals surface area (Å²) < 4.78 is 19.1. The fourth-order valence-corrected chi connectivity index (χ4v) is 3.20. The van der Waals surface area contributed by atoms with Gasteiger partial charge < -0.3 is 9.42 Å². The van der Waals surface area contributed by atoms with Gasteiger partial charge in [-0.2, -0.15) is 0 Å². The molecule has 5 nitrogen and oxygen atoms in total. The van der Waals surface area contributed by atoms with E-state index >= 15 is 0 Å². The molecule has 0 fully saturated rings. The molecule has 0 bridgehead atoms. The molecule has 0 spiro atoms. The monoisotopic (exact) mass is 338 g/mol. The summed E-state index contributed by atoms with van der Waals surface area (Å²) in [6.45, 7) is 5.49. The SMILES string of the molecule is CCc1nc(C)cc(N2CCc3onc(-c4cccc(F)c4)c3C2)n1. The summed E-state index contributed by atoms with van der Waals surface area (Å²) in [6, 6.07) is 8.46. The Kier molecular flexibility index (Phi) is 3.95. The van der Waals surface area contributed by atoms with Crippen molar-refractivity contribution in [3.8, 4) is 11.3 Å². The van der Waals surface area contributed by atoms with E-state index in [4.69, 9.17) is 4.52 Å². The van der Waals surface area contributed by atoms with Crippen LogP contribution in [0, 0.1) is 12.7 Å². The number of benzene rings is 1. The lowest BCUT2D eigenvalue weighted by atomic mass is 10.0. The lowest BCUT2D eigenvalue weighted by molar-refractivity contribution is 0.378. The highest BCUT2D eigenvalue weighted by Gasteiger charge is 2.26. The Hall–Kier alpha value is -2.76. The topological polar surface area (TPSA) is 55.1 Å². The molecule has 25 heavy (non-hydrogen) atoms. The molecule has 3 heterocycles. The van der Waals surface area contributed by atoms with Crippen LogP contribution in [0.25, 0.3) is 11.3 Å². The third-order valence-electron chi connectivity index (χ3n) is 4.45. The second kappa shape index (κ2) is 6.27. The van der Waals surface area contributed by atoms with E-state index in [1.807, 2.05) is 19.1 Å². The molecule has 4 rings (SSSR count). The maximum absolute atomic E-state index is 13.6. The standard InChI is InChI=1S/C19H19FN4O/c1-3-17-21-12(2)9-18(22-17)24-8-7-16-15(11-24)19(23-25-16)13-5-4-6-14(20)10-13/h4-6,9-10H,3,7-8,11H2,1-2H3. The lowest BCUT2D eigenvalue weighted by Crippen LogP contribution is -2.31. The Labute approximate surface area is 145 Å². The molecule has 1 aliphatic rings. The molecule has 1 aliphatic heterocycles. The third kappa shape index (κ3) is 2.99. The molecule has 6 heteroatoms. The van der Waals surface area contributed by atoms with Crippen LogP contribution in [0.15, 0.2) is 34.9 Å². The maximum atomic E-state index is 13.6. The zero-order valence-corrected chi connectivity index (χ0v) is 14.3. The first-order chi connectivity index (χ1) is 12.1. The highest BCUT2D eigenvalue weighted by atomic mass is 19.1. The Morgan fingerprint density at radius 1 is 1.24 bits per heavy atom. The Morgan fingerprint density at radius 2 is 2.12 bits per heavy atom. The van der Waals surface area contributed by atoms with Gasteiger partial charge in [-0.15, -0.1) is 0 Å². The molecule has 0 saturated heterocycles. The van der Waals surface area contributed by atoms with Gasteiger partial charge in [0, 0.05) is 42.3 Å². The molecule has 0 N–H and O–H groups in total. The van der Waals surface area contributed by atoms with Gasteiger partial charge in [0.15, 0.2) is 0 Å². The number of hydrogen-bond acceptors (Lipinski definition) is 5. The van der Waals surface area contributed by atoms with Crippen LogP contribution >= 0.6 is 0 Å². The normalized spacial score (nSPS) is 13.8. The highest BCUT2D eigenvalue weighted by Crippen LogP contribution is 2.31. The number of aryl methyl sites for hydroxylation is 2. The van der Waals surface area contributed by atoms with E-state index in [-0.39, 0.29) is 5.82 Å². The number of rotatable bonds is 3. The quantitative estimate of drug-likeness (QED) is 0.729. The first-order valence-corrected chi connectivity index (χ1v) is 8.47. The van der Waals surface area contributed by atoms with E-state index in [2.05, 4.69) is 26.9 Å². The van der Waals surface area contributed by atoms with E-state index in [0.717, 1.165) is 53.6 Å². The molecule has 0 radical (unpaired) electrons. The summed E-state index contributed by atoms with van der Waals surface area (Å²) in [5.74, 6) is 2.36. The lowest BCUT2D eigenvalue weighted by Gasteiger charge is -2.27. The number of hydrogen-bond donors (Lipinski definition) is 0. The van der Waals surface area contributed by atoms with Gasteiger partial charge in [-0.05, 0) is 19.1 Å². The van der Waals surface area contributed by atoms with Crippen LogP contribution in [0.1, 0.15) is 29.8 Å². The number of anilines is 1. The first kappa shape index (κ1) is 15.7. The Bertz CT molecular complexity index is 922. The van der Waals surface area contributed by atoms with Crippen LogP contribution in [0.2, 0.25) is 0 Å². The smallest absolute Gasteiger partial charge is 0.144 e. The van der Waals surface area contributed by atoms with Crippen molar-refractivity contribution in [1.82, 2.24) is 15.1 Å². The summed E-state index contributed by atoms with van der Waals surface area (Å²) in [6.07, 6.45) is 1.55. The fourth-order valence-electron chi connectivity index (χ4n) is 3.20. The molecule has 2 aromatic heterocycles. The van der Waals surface area contributed by atoms with Crippen molar-refractivity contribution in [1.29, 1.82) is 0 Å². The zero-order valence-electron chi connectivity index (χ0n) is 14.3. The maximum Gasteiger partial charge on any atom is 0.144 e. The van der Waals surface area contributed by atoms with Crippen molar-refractivity contribution < 1.29 is 8.91 Å². The second-order valence-electron chi connectivity index (χ2n) is 6.25. The van der Waals surface area contributed by atoms with Crippen LogP contribution in [-0.2, 0) is 19.4 Å². The van der Waals surface area contributed by atoms with Crippen molar-refractivity contribution in [2.24, 2.45) is 0 Å². The van der Waals surface area contributed by atoms with Crippen molar-refractivity contribution in [2.45, 2.75) is 33.2 Å². The van der Waals surface area contributed by atoms with Gasteiger partial charge >= 0.3 is 0 Å². The van der Waals surface area contributed by atoms with Gasteiger partial charge in [-0.25, -0.2) is 14.4 Å². The van der Waals surface area contributed by atoms with E-state index in [9.17, 15) is 4.39 Å². The molecule has 0 atom stereocenters. The minimum absolute atomic E-state index is 0.277. The minimum Gasteiger partial charge on any atom is -0.360 e. The van der Waals surface area contributed by atoms with Gasteiger partial charge in [0.2, 0.25) is 0 Å². The zero-order chi connectivity index (χ0) is 17.4. The average molecular weight is 338 g/mol. The van der Waals surface area contributed by atoms with E-state index in [1.54, 1.807) is 6.07 Å². The second-order valence-corrected chi connectivity index (χ2v) is 6.25. The van der Waals surface area contributed by atoms with Gasteiger partial charge in [-0.1, -0.05) is 24.2 Å². The first-order valence-electron chi connectivity index (χ1n) is 8.47. The fraction of sp³-hybridized carbons (Fsp3) is 0.316. The van der Waals surface area contributed by atoms with Crippen LogP contribution < -0.4 is 4.90 Å². The third-order valence-corrected chi connectivity index (χ3v) is 4.45. The number of nitrogens with zero attached hydrogens (tertiary/aromatic N) is 4. The van der Waals surface area contributed by atoms with E-state index < -0.39 is 0 Å². The molecule has 0 amide bonds. The molecule has 1 aromatic carbocycles. The van der Waals surface area contributed by atoms with Crippen LogP contribution in [0.5, 0.6) is 0 Å². The van der Waals surface area contributed by atoms with E-state index in [1.165, 1.54) is 12.1 Å². The van der Waals surface area contributed by atoms with Crippen molar-refractivity contribution in [2.75, 3.05) is 11.4 Å². The van der Waals surface area contributed by atoms with Gasteiger partial charge in [0.1, 0.15) is 28.9 Å². The molecule has 0 unspecified atom stereocenters. The average Bonchev–Trinajstić information content (AvgIpc) is 3.04. The predicted molar refractivity (Wildman–Crippen MR) is 92.8 cm³/mol. The molecular formula is C19H19FN4O. The Morgan fingerprint density at radius 3 is 2.92 bits per heavy atom. The molecule has 128 valence electrons. The number of aromatic nitrogens is 3. The molecule has 0 aliphatic carbocycles. The summed E-state index contributed by atoms with van der Waals surface area (Å²) in [4.78, 5) is 11.3. The van der Waals surface area contributed by atoms with E-state index in [0.29, 0.717) is 12.2 Å². The molecular weight excluding hydrogens is 319 g/mol. The van der Waals surface area contributed by atoms with Crippen LogP contribution in [-0.4, -0.2) is 21.7 Å². The predicted octanol–water partition coefficient (Wildman–Crippen LogP) is 3.70. The summed E-state index contributed by atoms with van der Waals surface area (Å²) >= 11 is 0.